The van der Waals surface area contributed by atoms with Crippen molar-refractivity contribution in [1.29, 1.82) is 0 Å². The van der Waals surface area contributed by atoms with Gasteiger partial charge in [0.1, 0.15) is 5.82 Å². The largest absolute Gasteiger partial charge is 0.311 e. The van der Waals surface area contributed by atoms with Gasteiger partial charge < -0.3 is 9.80 Å². The van der Waals surface area contributed by atoms with Crippen LogP contribution in [0.15, 0.2) is 121 Å². The minimum atomic E-state index is -0.232. The third-order valence-corrected chi connectivity index (χ3v) is 9.14. The maximum atomic E-state index is 14.1. The Morgan fingerprint density at radius 1 is 0.432 bits per heavy atom. The molecule has 2 heterocycles. The molecule has 212 valence electrons. The van der Waals surface area contributed by atoms with E-state index in [0.717, 1.165) is 33.9 Å². The zero-order valence-corrected chi connectivity index (χ0v) is 25.4. The van der Waals surface area contributed by atoms with Crippen LogP contribution in [-0.2, 0) is 0 Å². The molecular formula is C40H32BFN2. The van der Waals surface area contributed by atoms with Gasteiger partial charge in [-0.2, -0.15) is 0 Å². The lowest BCUT2D eigenvalue weighted by Gasteiger charge is -2.44. The van der Waals surface area contributed by atoms with Crippen LogP contribution < -0.4 is 26.2 Å². The van der Waals surface area contributed by atoms with Crippen LogP contribution in [0.25, 0.3) is 11.1 Å². The summed E-state index contributed by atoms with van der Waals surface area (Å²) in [5.74, 6) is -0.232. The second-order valence-electron chi connectivity index (χ2n) is 12.3. The number of benzene rings is 6. The maximum absolute atomic E-state index is 14.1. The van der Waals surface area contributed by atoms with Crippen LogP contribution in [0.5, 0.6) is 0 Å². The van der Waals surface area contributed by atoms with Crippen LogP contribution in [0.2, 0.25) is 0 Å². The predicted molar refractivity (Wildman–Crippen MR) is 185 cm³/mol. The Balaban J connectivity index is 1.51. The Bertz CT molecular complexity index is 1940. The lowest BCUT2D eigenvalue weighted by atomic mass is 9.33. The predicted octanol–water partition coefficient (Wildman–Crippen LogP) is 8.81. The van der Waals surface area contributed by atoms with E-state index >= 15 is 0 Å². The first kappa shape index (κ1) is 26.5. The summed E-state index contributed by atoms with van der Waals surface area (Å²) in [5.41, 5.74) is 17.8. The van der Waals surface area contributed by atoms with E-state index in [0.29, 0.717) is 0 Å². The highest BCUT2D eigenvalue weighted by Gasteiger charge is 2.43. The highest BCUT2D eigenvalue weighted by atomic mass is 19.1. The Hall–Kier alpha value is -5.09. The number of fused-ring (bicyclic) bond motifs is 4. The number of anilines is 6. The number of nitrogens with zero attached hydrogens (tertiary/aromatic N) is 2. The molecule has 6 aromatic rings. The van der Waals surface area contributed by atoms with Crippen molar-refractivity contribution in [1.82, 2.24) is 0 Å². The van der Waals surface area contributed by atoms with Crippen LogP contribution in [0, 0.1) is 33.5 Å². The maximum Gasteiger partial charge on any atom is 0.252 e. The Morgan fingerprint density at radius 2 is 0.864 bits per heavy atom. The third-order valence-electron chi connectivity index (χ3n) is 9.14. The molecule has 2 aliphatic heterocycles. The van der Waals surface area contributed by atoms with E-state index in [4.69, 9.17) is 0 Å². The average molecular weight is 571 g/mol. The fraction of sp³-hybridized carbons (Fsp3) is 0.100. The second-order valence-corrected chi connectivity index (χ2v) is 12.3. The van der Waals surface area contributed by atoms with E-state index < -0.39 is 0 Å². The summed E-state index contributed by atoms with van der Waals surface area (Å²) in [6.45, 7) is 8.69. The van der Waals surface area contributed by atoms with Crippen molar-refractivity contribution in [3.63, 3.8) is 0 Å². The van der Waals surface area contributed by atoms with Crippen molar-refractivity contribution in [3.05, 3.63) is 149 Å². The molecule has 0 amide bonds. The van der Waals surface area contributed by atoms with Crippen molar-refractivity contribution < 1.29 is 4.39 Å². The molecule has 0 spiro atoms. The third kappa shape index (κ3) is 4.17. The lowest BCUT2D eigenvalue weighted by Crippen LogP contribution is -2.61. The van der Waals surface area contributed by atoms with Crippen LogP contribution in [0.1, 0.15) is 22.3 Å². The molecule has 0 saturated heterocycles. The van der Waals surface area contributed by atoms with E-state index in [1.165, 1.54) is 50.0 Å². The molecule has 0 fully saturated rings. The number of rotatable bonds is 3. The first-order valence-electron chi connectivity index (χ1n) is 15.2. The van der Waals surface area contributed by atoms with Gasteiger partial charge in [-0.15, -0.1) is 0 Å². The summed E-state index contributed by atoms with van der Waals surface area (Å²) < 4.78 is 14.1. The van der Waals surface area contributed by atoms with Crippen molar-refractivity contribution in [2.75, 3.05) is 9.80 Å². The van der Waals surface area contributed by atoms with Gasteiger partial charge in [0.2, 0.25) is 0 Å². The molecule has 0 aromatic heterocycles. The summed E-state index contributed by atoms with van der Waals surface area (Å²) in [6, 6.07) is 42.8. The minimum Gasteiger partial charge on any atom is -0.311 e. The number of hydrogen-bond donors (Lipinski definition) is 0. The van der Waals surface area contributed by atoms with Gasteiger partial charge in [-0.25, -0.2) is 4.39 Å². The molecule has 0 aliphatic carbocycles. The van der Waals surface area contributed by atoms with Gasteiger partial charge in [0.15, 0.2) is 0 Å². The van der Waals surface area contributed by atoms with E-state index in [2.05, 4.69) is 135 Å². The summed E-state index contributed by atoms with van der Waals surface area (Å²) in [7, 11) is 0. The molecule has 8 rings (SSSR count). The van der Waals surface area contributed by atoms with Gasteiger partial charge in [-0.1, -0.05) is 82.9 Å². The van der Waals surface area contributed by atoms with Crippen LogP contribution in [0.4, 0.5) is 38.5 Å². The smallest absolute Gasteiger partial charge is 0.252 e. The van der Waals surface area contributed by atoms with Crippen molar-refractivity contribution in [2.24, 2.45) is 0 Å². The molecular weight excluding hydrogens is 538 g/mol. The summed E-state index contributed by atoms with van der Waals surface area (Å²) in [6.07, 6.45) is 0. The second kappa shape index (κ2) is 9.99. The number of aryl methyl sites for hydroxylation is 4. The van der Waals surface area contributed by atoms with Crippen LogP contribution >= 0.6 is 0 Å². The molecule has 0 N–H and O–H groups in total. The Morgan fingerprint density at radius 3 is 1.32 bits per heavy atom. The molecule has 0 unspecified atom stereocenters. The Labute approximate surface area is 259 Å². The highest BCUT2D eigenvalue weighted by molar-refractivity contribution is 7.00. The molecule has 4 heteroatoms. The van der Waals surface area contributed by atoms with E-state index in [1.54, 1.807) is 12.1 Å². The van der Waals surface area contributed by atoms with E-state index in [1.807, 2.05) is 12.1 Å². The number of hydrogen-bond acceptors (Lipinski definition) is 2. The molecule has 6 aromatic carbocycles. The molecule has 2 aliphatic rings. The zero-order chi connectivity index (χ0) is 30.1. The highest BCUT2D eigenvalue weighted by Crippen LogP contribution is 2.46. The lowest BCUT2D eigenvalue weighted by molar-refractivity contribution is 0.628. The topological polar surface area (TPSA) is 6.48 Å². The van der Waals surface area contributed by atoms with E-state index in [9.17, 15) is 4.39 Å². The zero-order valence-electron chi connectivity index (χ0n) is 25.4. The van der Waals surface area contributed by atoms with E-state index in [-0.39, 0.29) is 12.5 Å². The summed E-state index contributed by atoms with van der Waals surface area (Å²) in [5, 5.41) is 0. The average Bonchev–Trinajstić information content (AvgIpc) is 3.02. The van der Waals surface area contributed by atoms with Gasteiger partial charge in [0, 0.05) is 34.1 Å². The van der Waals surface area contributed by atoms with Crippen molar-refractivity contribution in [2.45, 2.75) is 27.7 Å². The minimum absolute atomic E-state index is 0.0652. The van der Waals surface area contributed by atoms with Crippen molar-refractivity contribution in [3.8, 4) is 11.1 Å². The van der Waals surface area contributed by atoms with Gasteiger partial charge in [-0.3, -0.25) is 0 Å². The molecule has 0 atom stereocenters. The summed E-state index contributed by atoms with van der Waals surface area (Å²) in [4.78, 5) is 4.84. The summed E-state index contributed by atoms with van der Waals surface area (Å²) >= 11 is 0. The van der Waals surface area contributed by atoms with Crippen molar-refractivity contribution >= 4 is 57.2 Å². The first-order chi connectivity index (χ1) is 21.4. The van der Waals surface area contributed by atoms with Gasteiger partial charge in [0.05, 0.1) is 0 Å². The van der Waals surface area contributed by atoms with Gasteiger partial charge >= 0.3 is 0 Å². The standard InChI is InChI=1S/C40H32BFN2/c1-25-5-15-32(16-6-25)43-36-19-9-27(3)21-34(36)41-35-22-28(4)10-20-37(35)44(33-17-7-26(2)8-18-33)39-24-30(23-38(43)40(39)41)29-11-13-31(42)14-12-29/h5-24H,1-4H3. The first-order valence-corrected chi connectivity index (χ1v) is 15.2. The molecule has 0 radical (unpaired) electrons. The molecule has 2 nitrogen and oxygen atoms in total. The molecule has 0 bridgehead atoms. The quantitative estimate of drug-likeness (QED) is 0.196. The fourth-order valence-electron chi connectivity index (χ4n) is 7.00. The van der Waals surface area contributed by atoms with Crippen LogP contribution in [0.3, 0.4) is 0 Å². The fourth-order valence-corrected chi connectivity index (χ4v) is 7.00. The van der Waals surface area contributed by atoms with Gasteiger partial charge in [0.25, 0.3) is 6.71 Å². The monoisotopic (exact) mass is 570 g/mol. The number of halogens is 1. The Kier molecular flexibility index (Phi) is 6.02. The normalized spacial score (nSPS) is 13.0. The molecule has 0 saturated carbocycles. The molecule has 44 heavy (non-hydrogen) atoms. The van der Waals surface area contributed by atoms with Gasteiger partial charge in [-0.05, 0) is 116 Å². The van der Waals surface area contributed by atoms with Crippen LogP contribution in [-0.4, -0.2) is 6.71 Å². The SMILES string of the molecule is Cc1ccc(N2c3ccc(C)cc3B3c4cc(C)ccc4N(c4ccc(C)cc4)c4cc(-c5ccc(F)cc5)cc2c43)cc1.